The van der Waals surface area contributed by atoms with E-state index >= 15 is 0 Å². The summed E-state index contributed by atoms with van der Waals surface area (Å²) < 4.78 is 5.31. The van der Waals surface area contributed by atoms with E-state index in [2.05, 4.69) is 39.0 Å². The molecule has 0 amide bonds. The first-order valence-corrected chi connectivity index (χ1v) is 7.01. The fourth-order valence-corrected chi connectivity index (χ4v) is 1.95. The van der Waals surface area contributed by atoms with Gasteiger partial charge in [0.1, 0.15) is 0 Å². The van der Waals surface area contributed by atoms with Gasteiger partial charge in [-0.05, 0) is 23.9 Å². The van der Waals surface area contributed by atoms with Crippen molar-refractivity contribution in [2.75, 3.05) is 43.1 Å². The van der Waals surface area contributed by atoms with Crippen LogP contribution in [0.15, 0.2) is 0 Å². The van der Waals surface area contributed by atoms with E-state index in [-0.39, 0.29) is 5.28 Å². The first kappa shape index (κ1) is 14.3. The molecule has 0 unspecified atom stereocenters. The Morgan fingerprint density at radius 1 is 1.26 bits per heavy atom. The van der Waals surface area contributed by atoms with Crippen LogP contribution in [0.2, 0.25) is 5.28 Å². The first-order valence-electron chi connectivity index (χ1n) is 6.63. The summed E-state index contributed by atoms with van der Waals surface area (Å²) in [5.74, 6) is 1.81. The molecule has 0 radical (unpaired) electrons. The average Bonchev–Trinajstić information content (AvgIpc) is 2.39. The van der Waals surface area contributed by atoms with Crippen molar-refractivity contribution < 1.29 is 4.74 Å². The Balaban J connectivity index is 2.01. The highest BCUT2D eigenvalue weighted by Crippen LogP contribution is 2.15. The Bertz CT molecular complexity index is 409. The highest BCUT2D eigenvalue weighted by atomic mass is 35.5. The third kappa shape index (κ3) is 4.47. The fraction of sp³-hybridized carbons (Fsp3) is 0.750. The van der Waals surface area contributed by atoms with Gasteiger partial charge in [0, 0.05) is 19.6 Å². The molecule has 1 aromatic rings. The average molecular weight is 286 g/mol. The van der Waals surface area contributed by atoms with Crippen LogP contribution in [0.1, 0.15) is 20.3 Å². The predicted octanol–water partition coefficient (Wildman–Crippen LogP) is 1.82. The quantitative estimate of drug-likeness (QED) is 0.890. The molecule has 1 saturated heterocycles. The van der Waals surface area contributed by atoms with Crippen LogP contribution in [-0.2, 0) is 4.74 Å². The lowest BCUT2D eigenvalue weighted by atomic mass is 10.1. The van der Waals surface area contributed by atoms with Crippen LogP contribution < -0.4 is 10.2 Å². The molecular formula is C12H20ClN5O. The number of rotatable bonds is 5. The SMILES string of the molecule is CC(C)CCNc1nc(Cl)nc(N2CCOCC2)n1. The number of anilines is 2. The van der Waals surface area contributed by atoms with Crippen molar-refractivity contribution >= 4 is 23.5 Å². The van der Waals surface area contributed by atoms with Gasteiger partial charge in [-0.25, -0.2) is 0 Å². The summed E-state index contributed by atoms with van der Waals surface area (Å²) in [6, 6.07) is 0. The van der Waals surface area contributed by atoms with E-state index < -0.39 is 0 Å². The molecule has 0 aromatic carbocycles. The van der Waals surface area contributed by atoms with Crippen molar-refractivity contribution in [2.45, 2.75) is 20.3 Å². The van der Waals surface area contributed by atoms with Crippen LogP contribution in [0.3, 0.4) is 0 Å². The van der Waals surface area contributed by atoms with E-state index in [0.717, 1.165) is 26.1 Å². The van der Waals surface area contributed by atoms with Gasteiger partial charge in [0.05, 0.1) is 13.2 Å². The van der Waals surface area contributed by atoms with Crippen molar-refractivity contribution in [1.29, 1.82) is 0 Å². The van der Waals surface area contributed by atoms with Crippen LogP contribution in [0.4, 0.5) is 11.9 Å². The molecule has 1 N–H and O–H groups in total. The van der Waals surface area contributed by atoms with Gasteiger partial charge in [0.15, 0.2) is 0 Å². The monoisotopic (exact) mass is 285 g/mol. The van der Waals surface area contributed by atoms with Crippen molar-refractivity contribution in [1.82, 2.24) is 15.0 Å². The number of halogens is 1. The van der Waals surface area contributed by atoms with Crippen LogP contribution >= 0.6 is 11.6 Å². The van der Waals surface area contributed by atoms with Crippen molar-refractivity contribution in [3.63, 3.8) is 0 Å². The van der Waals surface area contributed by atoms with Crippen molar-refractivity contribution in [3.8, 4) is 0 Å². The Kier molecular flexibility index (Phi) is 5.15. The van der Waals surface area contributed by atoms with Gasteiger partial charge in [-0.3, -0.25) is 0 Å². The normalized spacial score (nSPS) is 15.9. The van der Waals surface area contributed by atoms with Gasteiger partial charge < -0.3 is 15.0 Å². The Morgan fingerprint density at radius 2 is 2.00 bits per heavy atom. The van der Waals surface area contributed by atoms with Crippen molar-refractivity contribution in [3.05, 3.63) is 5.28 Å². The molecule has 1 aliphatic heterocycles. The van der Waals surface area contributed by atoms with Gasteiger partial charge >= 0.3 is 0 Å². The maximum atomic E-state index is 5.95. The number of aromatic nitrogens is 3. The molecule has 0 atom stereocenters. The zero-order valence-corrected chi connectivity index (χ0v) is 12.2. The number of hydrogen-bond acceptors (Lipinski definition) is 6. The van der Waals surface area contributed by atoms with Gasteiger partial charge in [-0.2, -0.15) is 15.0 Å². The van der Waals surface area contributed by atoms with Gasteiger partial charge in [-0.15, -0.1) is 0 Å². The lowest BCUT2D eigenvalue weighted by Crippen LogP contribution is -2.37. The summed E-state index contributed by atoms with van der Waals surface area (Å²) in [5.41, 5.74) is 0. The van der Waals surface area contributed by atoms with Gasteiger partial charge in [0.25, 0.3) is 0 Å². The molecule has 1 aliphatic rings. The van der Waals surface area contributed by atoms with E-state index in [1.54, 1.807) is 0 Å². The van der Waals surface area contributed by atoms with E-state index in [4.69, 9.17) is 16.3 Å². The predicted molar refractivity (Wildman–Crippen MR) is 75.8 cm³/mol. The molecule has 0 saturated carbocycles. The summed E-state index contributed by atoms with van der Waals surface area (Å²) >= 11 is 5.95. The molecular weight excluding hydrogens is 266 g/mol. The maximum Gasteiger partial charge on any atom is 0.231 e. The highest BCUT2D eigenvalue weighted by molar-refractivity contribution is 6.28. The molecule has 1 fully saturated rings. The van der Waals surface area contributed by atoms with Gasteiger partial charge in [0.2, 0.25) is 17.2 Å². The Hall–Kier alpha value is -1.14. The highest BCUT2D eigenvalue weighted by Gasteiger charge is 2.15. The number of nitrogens with zero attached hydrogens (tertiary/aromatic N) is 4. The largest absolute Gasteiger partial charge is 0.378 e. The zero-order chi connectivity index (χ0) is 13.7. The summed E-state index contributed by atoms with van der Waals surface area (Å²) in [4.78, 5) is 14.7. The van der Waals surface area contributed by atoms with Crippen LogP contribution in [0, 0.1) is 5.92 Å². The number of morpholine rings is 1. The molecule has 7 heteroatoms. The van der Waals surface area contributed by atoms with Crippen LogP contribution in [0.25, 0.3) is 0 Å². The molecule has 0 bridgehead atoms. The lowest BCUT2D eigenvalue weighted by Gasteiger charge is -2.26. The van der Waals surface area contributed by atoms with E-state index in [0.29, 0.717) is 31.0 Å². The number of ether oxygens (including phenoxy) is 1. The fourth-order valence-electron chi connectivity index (χ4n) is 1.80. The minimum atomic E-state index is 0.225. The third-order valence-electron chi connectivity index (χ3n) is 2.90. The standard InChI is InChI=1S/C12H20ClN5O/c1-9(2)3-4-14-11-15-10(13)16-12(17-11)18-5-7-19-8-6-18/h9H,3-8H2,1-2H3,(H,14,15,16,17). The van der Waals surface area contributed by atoms with Gasteiger partial charge in [-0.1, -0.05) is 13.8 Å². The van der Waals surface area contributed by atoms with Crippen molar-refractivity contribution in [2.24, 2.45) is 5.92 Å². The number of hydrogen-bond donors (Lipinski definition) is 1. The lowest BCUT2D eigenvalue weighted by molar-refractivity contribution is 0.122. The second-order valence-electron chi connectivity index (χ2n) is 4.94. The molecule has 0 spiro atoms. The summed E-state index contributed by atoms with van der Waals surface area (Å²) in [7, 11) is 0. The van der Waals surface area contributed by atoms with Crippen LogP contribution in [-0.4, -0.2) is 47.8 Å². The number of nitrogens with one attached hydrogen (secondary N) is 1. The molecule has 106 valence electrons. The smallest absolute Gasteiger partial charge is 0.231 e. The van der Waals surface area contributed by atoms with Crippen LogP contribution in [0.5, 0.6) is 0 Å². The molecule has 0 aliphatic carbocycles. The first-order chi connectivity index (χ1) is 9.15. The Labute approximate surface area is 118 Å². The maximum absolute atomic E-state index is 5.95. The second-order valence-corrected chi connectivity index (χ2v) is 5.27. The molecule has 6 nitrogen and oxygen atoms in total. The minimum Gasteiger partial charge on any atom is -0.378 e. The Morgan fingerprint density at radius 3 is 2.68 bits per heavy atom. The summed E-state index contributed by atoms with van der Waals surface area (Å²) in [6.07, 6.45) is 1.07. The second kappa shape index (κ2) is 6.86. The molecule has 1 aromatic heterocycles. The summed E-state index contributed by atoms with van der Waals surface area (Å²) in [6.45, 7) is 8.15. The van der Waals surface area contributed by atoms with E-state index in [1.807, 2.05) is 0 Å². The van der Waals surface area contributed by atoms with E-state index in [9.17, 15) is 0 Å². The third-order valence-corrected chi connectivity index (χ3v) is 3.06. The summed E-state index contributed by atoms with van der Waals surface area (Å²) in [5, 5.41) is 3.42. The zero-order valence-electron chi connectivity index (χ0n) is 11.4. The molecule has 19 heavy (non-hydrogen) atoms. The molecule has 2 rings (SSSR count). The minimum absolute atomic E-state index is 0.225. The van der Waals surface area contributed by atoms with E-state index in [1.165, 1.54) is 0 Å². The molecule has 2 heterocycles. The topological polar surface area (TPSA) is 63.2 Å².